The number of benzene rings is 1. The second-order valence-corrected chi connectivity index (χ2v) is 5.07. The van der Waals surface area contributed by atoms with Crippen LogP contribution in [0.15, 0.2) is 36.4 Å². The highest BCUT2D eigenvalue weighted by Gasteiger charge is 2.04. The molecule has 1 aromatic carbocycles. The van der Waals surface area contributed by atoms with Crippen LogP contribution in [-0.2, 0) is 13.0 Å². The fourth-order valence-corrected chi connectivity index (χ4v) is 2.06. The van der Waals surface area contributed by atoms with Crippen molar-refractivity contribution in [2.75, 3.05) is 17.2 Å². The van der Waals surface area contributed by atoms with Crippen molar-refractivity contribution >= 4 is 11.6 Å². The van der Waals surface area contributed by atoms with Gasteiger partial charge in [-0.05, 0) is 18.4 Å². The van der Waals surface area contributed by atoms with Crippen molar-refractivity contribution in [2.24, 2.45) is 0 Å². The van der Waals surface area contributed by atoms with E-state index in [9.17, 15) is 0 Å². The van der Waals surface area contributed by atoms with E-state index in [-0.39, 0.29) is 0 Å². The fourth-order valence-electron chi connectivity index (χ4n) is 2.06. The van der Waals surface area contributed by atoms with Gasteiger partial charge in [0.05, 0.1) is 0 Å². The first-order valence-electron chi connectivity index (χ1n) is 7.71. The number of hydrogen-bond acceptors (Lipinski definition) is 4. The van der Waals surface area contributed by atoms with Gasteiger partial charge in [-0.25, -0.2) is 9.97 Å². The summed E-state index contributed by atoms with van der Waals surface area (Å²) in [6, 6.07) is 12.3. The van der Waals surface area contributed by atoms with Crippen LogP contribution >= 0.6 is 0 Å². The predicted molar refractivity (Wildman–Crippen MR) is 88.6 cm³/mol. The zero-order valence-corrected chi connectivity index (χ0v) is 12.9. The number of rotatable bonds is 8. The lowest BCUT2D eigenvalue weighted by molar-refractivity contribution is 0.831. The molecule has 21 heavy (non-hydrogen) atoms. The van der Waals surface area contributed by atoms with Crippen LogP contribution in [0.25, 0.3) is 0 Å². The molecule has 0 radical (unpaired) electrons. The molecule has 4 nitrogen and oxygen atoms in total. The van der Waals surface area contributed by atoms with E-state index in [0.717, 1.165) is 49.8 Å². The molecule has 112 valence electrons. The zero-order chi connectivity index (χ0) is 14.9. The smallest absolute Gasteiger partial charge is 0.133 e. The maximum atomic E-state index is 4.58. The molecular formula is C17H24N4. The molecule has 0 spiro atoms. The molecule has 0 aliphatic carbocycles. The zero-order valence-electron chi connectivity index (χ0n) is 12.9. The third kappa shape index (κ3) is 5.06. The first-order valence-corrected chi connectivity index (χ1v) is 7.71. The normalized spacial score (nSPS) is 10.4. The summed E-state index contributed by atoms with van der Waals surface area (Å²) >= 11 is 0. The summed E-state index contributed by atoms with van der Waals surface area (Å²) in [5, 5.41) is 6.73. The van der Waals surface area contributed by atoms with E-state index < -0.39 is 0 Å². The quantitative estimate of drug-likeness (QED) is 0.772. The molecular weight excluding hydrogens is 260 g/mol. The van der Waals surface area contributed by atoms with Crippen molar-refractivity contribution in [1.29, 1.82) is 0 Å². The van der Waals surface area contributed by atoms with Gasteiger partial charge in [-0.1, -0.05) is 44.2 Å². The summed E-state index contributed by atoms with van der Waals surface area (Å²) in [5.74, 6) is 2.69. The maximum absolute atomic E-state index is 4.58. The fraction of sp³-hybridized carbons (Fsp3) is 0.412. The lowest BCUT2D eigenvalue weighted by atomic mass is 10.2. The highest BCUT2D eigenvalue weighted by molar-refractivity contribution is 5.48. The number of anilines is 2. The molecule has 0 aliphatic rings. The van der Waals surface area contributed by atoms with Gasteiger partial charge in [0.15, 0.2) is 0 Å². The SMILES string of the molecule is CCCNc1cc(NCc2ccccc2)nc(CCC)n1. The van der Waals surface area contributed by atoms with E-state index in [2.05, 4.69) is 46.6 Å². The maximum Gasteiger partial charge on any atom is 0.133 e. The summed E-state index contributed by atoms with van der Waals surface area (Å²) in [4.78, 5) is 9.14. The van der Waals surface area contributed by atoms with E-state index in [4.69, 9.17) is 0 Å². The van der Waals surface area contributed by atoms with Gasteiger partial charge in [0.25, 0.3) is 0 Å². The van der Waals surface area contributed by atoms with Crippen molar-refractivity contribution in [3.63, 3.8) is 0 Å². The summed E-state index contributed by atoms with van der Waals surface area (Å²) in [6.07, 6.45) is 3.04. The second kappa shape index (κ2) is 8.25. The summed E-state index contributed by atoms with van der Waals surface area (Å²) in [6.45, 7) is 6.00. The molecule has 2 rings (SSSR count). The average molecular weight is 284 g/mol. The van der Waals surface area contributed by atoms with E-state index in [1.807, 2.05) is 24.3 Å². The van der Waals surface area contributed by atoms with Gasteiger partial charge in [0.1, 0.15) is 17.5 Å². The standard InChI is InChI=1S/C17H24N4/c1-3-8-15-20-16(18-11-4-2)12-17(21-15)19-13-14-9-6-5-7-10-14/h5-7,9-10,12H,3-4,8,11,13H2,1-2H3,(H2,18,19,20,21). The Morgan fingerprint density at radius 1 is 0.905 bits per heavy atom. The van der Waals surface area contributed by atoms with Crippen LogP contribution in [0, 0.1) is 0 Å². The Hall–Kier alpha value is -2.10. The third-order valence-corrected chi connectivity index (χ3v) is 3.12. The Labute approximate surface area is 127 Å². The molecule has 0 amide bonds. The van der Waals surface area contributed by atoms with Crippen molar-refractivity contribution in [1.82, 2.24) is 9.97 Å². The Bertz CT molecular complexity index is 540. The molecule has 0 fully saturated rings. The van der Waals surface area contributed by atoms with Crippen LogP contribution in [0.2, 0.25) is 0 Å². The van der Waals surface area contributed by atoms with E-state index in [1.165, 1.54) is 5.56 Å². The van der Waals surface area contributed by atoms with Crippen LogP contribution in [0.3, 0.4) is 0 Å². The van der Waals surface area contributed by atoms with Crippen LogP contribution in [0.1, 0.15) is 38.1 Å². The Morgan fingerprint density at radius 2 is 1.62 bits per heavy atom. The lowest BCUT2D eigenvalue weighted by Crippen LogP contribution is -2.09. The summed E-state index contributed by atoms with van der Waals surface area (Å²) in [5.41, 5.74) is 1.25. The van der Waals surface area contributed by atoms with Gasteiger partial charge >= 0.3 is 0 Å². The number of aryl methyl sites for hydroxylation is 1. The van der Waals surface area contributed by atoms with E-state index >= 15 is 0 Å². The van der Waals surface area contributed by atoms with Gasteiger partial charge in [-0.3, -0.25) is 0 Å². The Kier molecular flexibility index (Phi) is 6.00. The van der Waals surface area contributed by atoms with Crippen molar-refractivity contribution in [3.05, 3.63) is 47.8 Å². The van der Waals surface area contributed by atoms with E-state index in [0.29, 0.717) is 0 Å². The highest BCUT2D eigenvalue weighted by atomic mass is 15.1. The summed E-state index contributed by atoms with van der Waals surface area (Å²) in [7, 11) is 0. The average Bonchev–Trinajstić information content (AvgIpc) is 2.52. The van der Waals surface area contributed by atoms with Gasteiger partial charge in [0.2, 0.25) is 0 Å². The van der Waals surface area contributed by atoms with Crippen LogP contribution in [0.5, 0.6) is 0 Å². The van der Waals surface area contributed by atoms with Crippen molar-refractivity contribution in [3.8, 4) is 0 Å². The number of hydrogen-bond donors (Lipinski definition) is 2. The Balaban J connectivity index is 2.07. The molecule has 0 saturated carbocycles. The molecule has 0 bridgehead atoms. The molecule has 2 N–H and O–H groups in total. The van der Waals surface area contributed by atoms with E-state index in [1.54, 1.807) is 0 Å². The molecule has 0 saturated heterocycles. The van der Waals surface area contributed by atoms with Crippen LogP contribution in [0.4, 0.5) is 11.6 Å². The van der Waals surface area contributed by atoms with Gasteiger partial charge in [0, 0.05) is 25.6 Å². The molecule has 0 unspecified atom stereocenters. The number of nitrogens with one attached hydrogen (secondary N) is 2. The minimum absolute atomic E-state index is 0.774. The van der Waals surface area contributed by atoms with Crippen LogP contribution in [-0.4, -0.2) is 16.5 Å². The lowest BCUT2D eigenvalue weighted by Gasteiger charge is -2.11. The monoisotopic (exact) mass is 284 g/mol. The second-order valence-electron chi connectivity index (χ2n) is 5.07. The molecule has 4 heteroatoms. The van der Waals surface area contributed by atoms with Crippen molar-refractivity contribution < 1.29 is 0 Å². The van der Waals surface area contributed by atoms with Crippen molar-refractivity contribution in [2.45, 2.75) is 39.7 Å². The van der Waals surface area contributed by atoms with Gasteiger partial charge in [-0.2, -0.15) is 0 Å². The first-order chi connectivity index (χ1) is 10.3. The summed E-state index contributed by atoms with van der Waals surface area (Å²) < 4.78 is 0. The highest BCUT2D eigenvalue weighted by Crippen LogP contribution is 2.14. The minimum atomic E-state index is 0.774. The molecule has 0 aliphatic heterocycles. The minimum Gasteiger partial charge on any atom is -0.370 e. The molecule has 1 aromatic heterocycles. The topological polar surface area (TPSA) is 49.8 Å². The number of aromatic nitrogens is 2. The Morgan fingerprint density at radius 3 is 2.29 bits per heavy atom. The molecule has 0 atom stereocenters. The van der Waals surface area contributed by atoms with Gasteiger partial charge in [-0.15, -0.1) is 0 Å². The predicted octanol–water partition coefficient (Wildman–Crippen LogP) is 3.86. The van der Waals surface area contributed by atoms with Crippen LogP contribution < -0.4 is 10.6 Å². The first kappa shape index (κ1) is 15.3. The number of nitrogens with zero attached hydrogens (tertiary/aromatic N) is 2. The largest absolute Gasteiger partial charge is 0.370 e. The molecule has 2 aromatic rings. The molecule has 1 heterocycles. The van der Waals surface area contributed by atoms with Gasteiger partial charge < -0.3 is 10.6 Å². The third-order valence-electron chi connectivity index (χ3n) is 3.12.